The minimum atomic E-state index is -1.29. The van der Waals surface area contributed by atoms with Gasteiger partial charge in [-0.2, -0.15) is 0 Å². The quantitative estimate of drug-likeness (QED) is 0.368. The zero-order valence-electron chi connectivity index (χ0n) is 5.97. The fraction of sp³-hybridized carbons (Fsp3) is 0. The summed E-state index contributed by atoms with van der Waals surface area (Å²) in [5.41, 5.74) is 8.31. The van der Waals surface area contributed by atoms with E-state index in [0.29, 0.717) is 0 Å². The van der Waals surface area contributed by atoms with Gasteiger partial charge in [0.1, 0.15) is 0 Å². The Kier molecular flexibility index (Phi) is 2.30. The SMILES string of the molecule is [N-]=[N+]=Nc1cccc(C(=O)[O-])c1. The van der Waals surface area contributed by atoms with Crippen LogP contribution in [-0.2, 0) is 0 Å². The molecule has 0 aliphatic rings. The van der Waals surface area contributed by atoms with Crippen molar-refractivity contribution in [1.29, 1.82) is 0 Å². The van der Waals surface area contributed by atoms with Gasteiger partial charge in [0.25, 0.3) is 0 Å². The average molecular weight is 162 g/mol. The van der Waals surface area contributed by atoms with Gasteiger partial charge in [0.15, 0.2) is 0 Å². The summed E-state index contributed by atoms with van der Waals surface area (Å²) in [5.74, 6) is -1.29. The molecule has 0 unspecified atom stereocenters. The highest BCUT2D eigenvalue weighted by Crippen LogP contribution is 2.13. The number of rotatable bonds is 2. The molecule has 0 N–H and O–H groups in total. The van der Waals surface area contributed by atoms with Crippen LogP contribution in [0.4, 0.5) is 5.69 Å². The monoisotopic (exact) mass is 162 g/mol. The second kappa shape index (κ2) is 3.41. The van der Waals surface area contributed by atoms with Crippen molar-refractivity contribution in [2.45, 2.75) is 0 Å². The van der Waals surface area contributed by atoms with Gasteiger partial charge in [-0.1, -0.05) is 23.3 Å². The molecule has 0 atom stereocenters. The normalized spacial score (nSPS) is 8.67. The van der Waals surface area contributed by atoms with E-state index in [9.17, 15) is 9.90 Å². The number of nitrogens with zero attached hydrogens (tertiary/aromatic N) is 3. The molecule has 0 aliphatic carbocycles. The average Bonchev–Trinajstić information content (AvgIpc) is 2.05. The predicted octanol–water partition coefficient (Wildman–Crippen LogP) is 0.992. The highest BCUT2D eigenvalue weighted by Gasteiger charge is 1.93. The van der Waals surface area contributed by atoms with E-state index in [2.05, 4.69) is 10.0 Å². The smallest absolute Gasteiger partial charge is 0.0715 e. The van der Waals surface area contributed by atoms with Crippen LogP contribution in [0.25, 0.3) is 10.4 Å². The molecule has 0 spiro atoms. The molecular weight excluding hydrogens is 158 g/mol. The van der Waals surface area contributed by atoms with Gasteiger partial charge < -0.3 is 9.90 Å². The maximum absolute atomic E-state index is 10.3. The maximum Gasteiger partial charge on any atom is 0.0715 e. The summed E-state index contributed by atoms with van der Waals surface area (Å²) in [5, 5.41) is 13.6. The topological polar surface area (TPSA) is 88.9 Å². The summed E-state index contributed by atoms with van der Waals surface area (Å²) in [6.45, 7) is 0. The van der Waals surface area contributed by atoms with E-state index in [0.717, 1.165) is 0 Å². The zero-order valence-corrected chi connectivity index (χ0v) is 5.97. The molecule has 0 fully saturated rings. The van der Waals surface area contributed by atoms with Crippen LogP contribution in [0, 0.1) is 0 Å². The first-order valence-electron chi connectivity index (χ1n) is 3.10. The molecule has 1 aromatic rings. The van der Waals surface area contributed by atoms with Gasteiger partial charge in [-0.3, -0.25) is 0 Å². The van der Waals surface area contributed by atoms with Crippen LogP contribution >= 0.6 is 0 Å². The molecule has 0 aromatic heterocycles. The molecule has 1 rings (SSSR count). The standard InChI is InChI=1S/C7H5N3O2/c8-10-9-6-3-1-2-5(4-6)7(11)12/h1-4H,(H,11,12)/p-1. The predicted molar refractivity (Wildman–Crippen MR) is 39.6 cm³/mol. The van der Waals surface area contributed by atoms with E-state index in [1.807, 2.05) is 0 Å². The summed E-state index contributed by atoms with van der Waals surface area (Å²) in [4.78, 5) is 12.8. The van der Waals surface area contributed by atoms with E-state index >= 15 is 0 Å². The molecule has 0 radical (unpaired) electrons. The number of carbonyl (C=O) groups excluding carboxylic acids is 1. The van der Waals surface area contributed by atoms with Crippen LogP contribution in [0.3, 0.4) is 0 Å². The van der Waals surface area contributed by atoms with Crippen molar-refractivity contribution < 1.29 is 9.90 Å². The molecule has 0 bridgehead atoms. The number of carboxylic acid groups (broad SMARTS) is 1. The zero-order chi connectivity index (χ0) is 8.97. The first kappa shape index (κ1) is 8.10. The van der Waals surface area contributed by atoms with Crippen LogP contribution in [0.15, 0.2) is 29.4 Å². The van der Waals surface area contributed by atoms with E-state index in [4.69, 9.17) is 5.53 Å². The van der Waals surface area contributed by atoms with Gasteiger partial charge in [-0.25, -0.2) is 0 Å². The number of hydrogen-bond acceptors (Lipinski definition) is 3. The Morgan fingerprint density at radius 2 is 2.33 bits per heavy atom. The molecule has 0 amide bonds. The lowest BCUT2D eigenvalue weighted by molar-refractivity contribution is -0.255. The van der Waals surface area contributed by atoms with Crippen molar-refractivity contribution >= 4 is 11.7 Å². The second-order valence-corrected chi connectivity index (χ2v) is 2.03. The number of azide groups is 1. The third-order valence-electron chi connectivity index (χ3n) is 1.24. The minimum absolute atomic E-state index is 0.0000926. The summed E-state index contributed by atoms with van der Waals surface area (Å²) < 4.78 is 0. The van der Waals surface area contributed by atoms with Gasteiger partial charge in [0.05, 0.1) is 5.97 Å². The van der Waals surface area contributed by atoms with E-state index < -0.39 is 5.97 Å². The minimum Gasteiger partial charge on any atom is -0.545 e. The van der Waals surface area contributed by atoms with Gasteiger partial charge >= 0.3 is 0 Å². The van der Waals surface area contributed by atoms with Crippen molar-refractivity contribution in [1.82, 2.24) is 0 Å². The van der Waals surface area contributed by atoms with Crippen LogP contribution in [0.5, 0.6) is 0 Å². The molecular formula is C7H4N3O2-. The number of benzene rings is 1. The molecule has 12 heavy (non-hydrogen) atoms. The fourth-order valence-corrected chi connectivity index (χ4v) is 0.747. The second-order valence-electron chi connectivity index (χ2n) is 2.03. The Hall–Kier alpha value is -2.00. The lowest BCUT2D eigenvalue weighted by Gasteiger charge is -2.00. The molecule has 1 aromatic carbocycles. The van der Waals surface area contributed by atoms with Gasteiger partial charge in [-0.05, 0) is 17.2 Å². The fourth-order valence-electron chi connectivity index (χ4n) is 0.747. The Labute approximate surface area is 67.9 Å². The van der Waals surface area contributed by atoms with E-state index in [-0.39, 0.29) is 11.3 Å². The molecule has 5 nitrogen and oxygen atoms in total. The lowest BCUT2D eigenvalue weighted by atomic mass is 10.2. The summed E-state index contributed by atoms with van der Waals surface area (Å²) >= 11 is 0. The first-order chi connectivity index (χ1) is 5.74. The van der Waals surface area contributed by atoms with Crippen LogP contribution < -0.4 is 5.11 Å². The highest BCUT2D eigenvalue weighted by atomic mass is 16.4. The molecule has 0 aliphatic heterocycles. The third-order valence-corrected chi connectivity index (χ3v) is 1.24. The lowest BCUT2D eigenvalue weighted by Crippen LogP contribution is -2.21. The van der Waals surface area contributed by atoms with Crippen LogP contribution in [-0.4, -0.2) is 5.97 Å². The van der Waals surface area contributed by atoms with E-state index in [1.165, 1.54) is 24.3 Å². The van der Waals surface area contributed by atoms with E-state index in [1.54, 1.807) is 0 Å². The van der Waals surface area contributed by atoms with Gasteiger partial charge in [0, 0.05) is 10.6 Å². The Morgan fingerprint density at radius 3 is 2.92 bits per heavy atom. The van der Waals surface area contributed by atoms with Crippen molar-refractivity contribution in [3.63, 3.8) is 0 Å². The van der Waals surface area contributed by atoms with Crippen molar-refractivity contribution in [2.24, 2.45) is 5.11 Å². The number of aromatic carboxylic acids is 1. The van der Waals surface area contributed by atoms with Crippen LogP contribution in [0.2, 0.25) is 0 Å². The maximum atomic E-state index is 10.3. The highest BCUT2D eigenvalue weighted by molar-refractivity contribution is 5.86. The number of hydrogen-bond donors (Lipinski definition) is 0. The van der Waals surface area contributed by atoms with Crippen molar-refractivity contribution in [2.75, 3.05) is 0 Å². The number of carbonyl (C=O) groups is 1. The molecule has 60 valence electrons. The van der Waals surface area contributed by atoms with Gasteiger partial charge in [0.2, 0.25) is 0 Å². The van der Waals surface area contributed by atoms with Crippen molar-refractivity contribution in [3.05, 3.63) is 40.3 Å². The Balaban J connectivity index is 3.11. The Morgan fingerprint density at radius 1 is 1.58 bits per heavy atom. The Bertz CT molecular complexity index is 338. The summed E-state index contributed by atoms with van der Waals surface area (Å²) in [6, 6.07) is 5.60. The first-order valence-corrected chi connectivity index (χ1v) is 3.10. The molecule has 0 saturated carbocycles. The largest absolute Gasteiger partial charge is 0.545 e. The summed E-state index contributed by atoms with van der Waals surface area (Å²) in [6.07, 6.45) is 0. The van der Waals surface area contributed by atoms with Crippen molar-refractivity contribution in [3.8, 4) is 0 Å². The summed E-state index contributed by atoms with van der Waals surface area (Å²) in [7, 11) is 0. The molecule has 0 saturated heterocycles. The van der Waals surface area contributed by atoms with Gasteiger partial charge in [-0.15, -0.1) is 0 Å². The molecule has 0 heterocycles. The number of carboxylic acids is 1. The van der Waals surface area contributed by atoms with Crippen LogP contribution in [0.1, 0.15) is 10.4 Å². The molecule has 5 heteroatoms. The third kappa shape index (κ3) is 1.74.